The van der Waals surface area contributed by atoms with Crippen molar-refractivity contribution in [3.05, 3.63) is 6.42 Å². The molecule has 0 aromatic heterocycles. The Hall–Kier alpha value is -0.720. The second-order valence-corrected chi connectivity index (χ2v) is 2.78. The molecule has 0 saturated heterocycles. The van der Waals surface area contributed by atoms with Gasteiger partial charge in [0.05, 0.1) is 17.8 Å². The van der Waals surface area contributed by atoms with Gasteiger partial charge in [-0.1, -0.05) is 6.92 Å². The van der Waals surface area contributed by atoms with Crippen molar-refractivity contribution in [2.75, 3.05) is 6.54 Å². The molecule has 0 aliphatic carbocycles. The van der Waals surface area contributed by atoms with Crippen molar-refractivity contribution in [3.8, 4) is 0 Å². The van der Waals surface area contributed by atoms with E-state index >= 15 is 0 Å². The summed E-state index contributed by atoms with van der Waals surface area (Å²) in [6, 6.07) is -2.04. The molecule has 0 unspecified atom stereocenters. The van der Waals surface area contributed by atoms with Crippen LogP contribution in [0.15, 0.2) is 0 Å². The van der Waals surface area contributed by atoms with Crippen molar-refractivity contribution in [2.45, 2.75) is 26.3 Å². The van der Waals surface area contributed by atoms with Gasteiger partial charge in [-0.3, -0.25) is 0 Å². The molecule has 0 radical (unpaired) electrons. The van der Waals surface area contributed by atoms with Crippen LogP contribution in [-0.4, -0.2) is 35.3 Å². The Morgan fingerprint density at radius 1 is 1.19 bits per heavy atom. The van der Waals surface area contributed by atoms with Crippen molar-refractivity contribution in [1.82, 2.24) is 4.90 Å². The van der Waals surface area contributed by atoms with Crippen LogP contribution in [0.5, 0.6) is 0 Å². The molecule has 7 heteroatoms. The Kier molecular flexibility index (Phi) is 9.31. The quantitative estimate of drug-likeness (QED) is 0.260. The Morgan fingerprint density at radius 2 is 1.62 bits per heavy atom. The summed E-state index contributed by atoms with van der Waals surface area (Å²) in [5.74, 6) is -4.36. The minimum atomic E-state index is -2.04. The maximum atomic E-state index is 11.3. The van der Waals surface area contributed by atoms with Gasteiger partial charge in [0, 0.05) is 6.54 Å². The average molecular weight is 237 g/mol. The average Bonchev–Trinajstić information content (AvgIpc) is 2.12. The molecule has 0 fully saturated rings. The number of carboxylic acid groups (broad SMARTS) is 2. The summed E-state index contributed by atoms with van der Waals surface area (Å²) in [5.41, 5.74) is 0. The Bertz CT molecular complexity index is 255. The number of carbonyl (C=O) groups is 3. The predicted octanol–water partition coefficient (Wildman–Crippen LogP) is -5.68. The van der Waals surface area contributed by atoms with E-state index in [1.54, 1.807) is 6.92 Å². The first kappa shape index (κ1) is 17.7. The van der Waals surface area contributed by atoms with Gasteiger partial charge in [0.15, 0.2) is 0 Å². The van der Waals surface area contributed by atoms with Gasteiger partial charge in [-0.15, -0.1) is 0 Å². The Labute approximate surface area is 116 Å². The fourth-order valence-corrected chi connectivity index (χ4v) is 1.11. The largest absolute Gasteiger partial charge is 1.00 e. The van der Waals surface area contributed by atoms with E-state index in [9.17, 15) is 24.6 Å². The number of hydrogen-bond donors (Lipinski definition) is 0. The van der Waals surface area contributed by atoms with Gasteiger partial charge >= 0.3 is 29.6 Å². The van der Waals surface area contributed by atoms with Crippen LogP contribution in [0.4, 0.5) is 0 Å². The molecule has 0 heterocycles. The topological polar surface area (TPSA) is 101 Å². The van der Waals surface area contributed by atoms with E-state index in [2.05, 4.69) is 0 Å². The molecule has 0 N–H and O–H groups in total. The second kappa shape index (κ2) is 8.43. The molecule has 16 heavy (non-hydrogen) atoms. The summed E-state index contributed by atoms with van der Waals surface area (Å²) in [7, 11) is 0. The monoisotopic (exact) mass is 237 g/mol. The maximum Gasteiger partial charge on any atom is 1.00 e. The SMILES string of the molecule is CC[CH-]C(=O)N(CC)C(C(=O)[O-])C(=O)[O-].[Na+]. The van der Waals surface area contributed by atoms with Gasteiger partial charge in [0.2, 0.25) is 0 Å². The molecular formula is C9H12NNaO5-2. The third-order valence-corrected chi connectivity index (χ3v) is 1.76. The normalized spacial score (nSPS) is 9.19. The van der Waals surface area contributed by atoms with Crippen LogP contribution in [0.25, 0.3) is 0 Å². The summed E-state index contributed by atoms with van der Waals surface area (Å²) in [6.07, 6.45) is 1.59. The molecule has 0 spiro atoms. The molecule has 0 aromatic rings. The van der Waals surface area contributed by atoms with Crippen LogP contribution in [0.3, 0.4) is 0 Å². The minimum Gasteiger partial charge on any atom is -0.547 e. The summed E-state index contributed by atoms with van der Waals surface area (Å²) >= 11 is 0. The fraction of sp³-hybridized carbons (Fsp3) is 0.556. The molecule has 86 valence electrons. The van der Waals surface area contributed by atoms with E-state index in [0.29, 0.717) is 11.3 Å². The van der Waals surface area contributed by atoms with Crippen LogP contribution in [-0.2, 0) is 14.4 Å². The molecular weight excluding hydrogens is 225 g/mol. The van der Waals surface area contributed by atoms with E-state index in [-0.39, 0.29) is 36.1 Å². The number of hydrogen-bond acceptors (Lipinski definition) is 5. The maximum absolute atomic E-state index is 11.3. The van der Waals surface area contributed by atoms with Crippen LogP contribution in [0.2, 0.25) is 0 Å². The molecule has 0 bridgehead atoms. The van der Waals surface area contributed by atoms with E-state index in [1.807, 2.05) is 0 Å². The smallest absolute Gasteiger partial charge is 0.547 e. The summed E-state index contributed by atoms with van der Waals surface area (Å²) < 4.78 is 0. The minimum absolute atomic E-state index is 0. The van der Waals surface area contributed by atoms with Crippen LogP contribution in [0, 0.1) is 6.42 Å². The van der Waals surface area contributed by atoms with E-state index in [1.165, 1.54) is 13.3 Å². The molecule has 0 saturated carbocycles. The Balaban J connectivity index is 0. The summed E-state index contributed by atoms with van der Waals surface area (Å²) in [6.45, 7) is 3.11. The van der Waals surface area contributed by atoms with Crippen molar-refractivity contribution in [1.29, 1.82) is 0 Å². The van der Waals surface area contributed by atoms with E-state index in [4.69, 9.17) is 0 Å². The first-order chi connectivity index (χ1) is 6.95. The second-order valence-electron chi connectivity index (χ2n) is 2.78. The van der Waals surface area contributed by atoms with E-state index in [0.717, 1.165) is 0 Å². The zero-order valence-electron chi connectivity index (χ0n) is 9.56. The summed E-state index contributed by atoms with van der Waals surface area (Å²) in [4.78, 5) is 33.0. The number of rotatable bonds is 6. The molecule has 0 aromatic carbocycles. The van der Waals surface area contributed by atoms with Crippen LogP contribution >= 0.6 is 0 Å². The van der Waals surface area contributed by atoms with Gasteiger partial charge in [0.25, 0.3) is 0 Å². The molecule has 0 rings (SSSR count). The van der Waals surface area contributed by atoms with Crippen molar-refractivity contribution < 1.29 is 54.2 Å². The van der Waals surface area contributed by atoms with Gasteiger partial charge in [-0.25, -0.2) is 0 Å². The molecule has 0 atom stereocenters. The van der Waals surface area contributed by atoms with Gasteiger partial charge in [-0.2, -0.15) is 6.42 Å². The van der Waals surface area contributed by atoms with Crippen LogP contribution < -0.4 is 39.8 Å². The molecule has 0 aliphatic rings. The number of aliphatic carboxylic acids is 2. The summed E-state index contributed by atoms with van der Waals surface area (Å²) in [5, 5.41) is 21.0. The van der Waals surface area contributed by atoms with Gasteiger partial charge in [0.1, 0.15) is 6.04 Å². The molecule has 0 aliphatic heterocycles. The molecule has 6 nitrogen and oxygen atoms in total. The van der Waals surface area contributed by atoms with Crippen molar-refractivity contribution >= 4 is 17.8 Å². The number of nitrogens with zero attached hydrogens (tertiary/aromatic N) is 1. The Morgan fingerprint density at radius 3 is 1.88 bits per heavy atom. The number of carboxylic acids is 2. The fourth-order valence-electron chi connectivity index (χ4n) is 1.11. The number of carbonyl (C=O) groups excluding carboxylic acids is 3. The van der Waals surface area contributed by atoms with Gasteiger partial charge < -0.3 is 35.9 Å². The standard InChI is InChI=1S/C9H14NO5.Na/c1-3-5-6(11)10(4-2)7(8(12)13)9(14)15;/h5,7H,3-4H2,1-2H3,(H,12,13)(H,14,15);/q-1;+1/p-2. The van der Waals surface area contributed by atoms with Crippen molar-refractivity contribution in [2.24, 2.45) is 0 Å². The third kappa shape index (κ3) is 4.87. The number of likely N-dealkylation sites (N-methyl/N-ethyl adjacent to an activating group) is 1. The first-order valence-corrected chi connectivity index (χ1v) is 4.51. The molecule has 1 amide bonds. The zero-order chi connectivity index (χ0) is 12.0. The van der Waals surface area contributed by atoms with E-state index < -0.39 is 23.9 Å². The van der Waals surface area contributed by atoms with Crippen LogP contribution in [0.1, 0.15) is 20.3 Å². The van der Waals surface area contributed by atoms with Gasteiger partial charge in [-0.05, 0) is 6.92 Å². The number of amides is 1. The third-order valence-electron chi connectivity index (χ3n) is 1.76. The van der Waals surface area contributed by atoms with Crippen molar-refractivity contribution in [3.63, 3.8) is 0 Å². The predicted molar refractivity (Wildman–Crippen MR) is 45.8 cm³/mol. The first-order valence-electron chi connectivity index (χ1n) is 4.51. The zero-order valence-corrected chi connectivity index (χ0v) is 11.6.